The highest BCUT2D eigenvalue weighted by atomic mass is 14.8. The van der Waals surface area contributed by atoms with E-state index in [1.165, 1.54) is 25.7 Å². The molecule has 0 heterocycles. The van der Waals surface area contributed by atoms with Crippen molar-refractivity contribution in [1.82, 2.24) is 10.6 Å². The molecule has 84 valence electrons. The SMILES string of the molecule is [CH2]CCNCCCCCCNCC[CH2]. The lowest BCUT2D eigenvalue weighted by Gasteiger charge is -2.04. The van der Waals surface area contributed by atoms with Crippen LogP contribution in [0.5, 0.6) is 0 Å². The Morgan fingerprint density at radius 1 is 0.571 bits per heavy atom. The van der Waals surface area contributed by atoms with Crippen LogP contribution in [0.25, 0.3) is 0 Å². The lowest BCUT2D eigenvalue weighted by atomic mass is 10.2. The molecule has 0 saturated heterocycles. The van der Waals surface area contributed by atoms with Crippen molar-refractivity contribution in [2.45, 2.75) is 38.5 Å². The van der Waals surface area contributed by atoms with Crippen LogP contribution in [0.4, 0.5) is 0 Å². The fourth-order valence-electron chi connectivity index (χ4n) is 1.35. The van der Waals surface area contributed by atoms with Gasteiger partial charge in [0.15, 0.2) is 0 Å². The zero-order valence-corrected chi connectivity index (χ0v) is 9.49. The second kappa shape index (κ2) is 12.9. The Kier molecular flexibility index (Phi) is 12.8. The molecule has 0 saturated carbocycles. The molecule has 0 aromatic heterocycles. The van der Waals surface area contributed by atoms with Crippen molar-refractivity contribution in [2.24, 2.45) is 0 Å². The van der Waals surface area contributed by atoms with Gasteiger partial charge in [0, 0.05) is 0 Å². The van der Waals surface area contributed by atoms with Gasteiger partial charge in [-0.05, 0) is 51.9 Å². The third kappa shape index (κ3) is 11.9. The average Bonchev–Trinajstić information content (AvgIpc) is 2.21. The third-order valence-electron chi connectivity index (χ3n) is 2.16. The minimum absolute atomic E-state index is 0.995. The first kappa shape index (κ1) is 13.9. The van der Waals surface area contributed by atoms with Crippen molar-refractivity contribution in [3.8, 4) is 0 Å². The molecule has 0 amide bonds. The standard InChI is InChI=1S/C12H26N2/c1-3-9-13-11-7-5-6-8-12-14-10-4-2/h13-14H,1-12H2. The van der Waals surface area contributed by atoms with Gasteiger partial charge in [-0.3, -0.25) is 0 Å². The van der Waals surface area contributed by atoms with Gasteiger partial charge in [-0.2, -0.15) is 0 Å². The number of rotatable bonds is 11. The zero-order chi connectivity index (χ0) is 10.5. The molecule has 0 unspecified atom stereocenters. The molecule has 0 aliphatic rings. The van der Waals surface area contributed by atoms with Crippen LogP contribution in [0, 0.1) is 13.8 Å². The molecular formula is C12H26N2. The Hall–Kier alpha value is -0.0800. The molecule has 2 radical (unpaired) electrons. The van der Waals surface area contributed by atoms with E-state index >= 15 is 0 Å². The van der Waals surface area contributed by atoms with E-state index in [-0.39, 0.29) is 0 Å². The highest BCUT2D eigenvalue weighted by Gasteiger charge is 1.90. The molecule has 0 atom stereocenters. The predicted molar refractivity (Wildman–Crippen MR) is 64.2 cm³/mol. The molecule has 14 heavy (non-hydrogen) atoms. The summed E-state index contributed by atoms with van der Waals surface area (Å²) in [5, 5.41) is 6.72. The van der Waals surface area contributed by atoms with Gasteiger partial charge in [0.1, 0.15) is 0 Å². The maximum absolute atomic E-state index is 3.79. The number of unbranched alkanes of at least 4 members (excludes halogenated alkanes) is 3. The van der Waals surface area contributed by atoms with Gasteiger partial charge in [0.05, 0.1) is 0 Å². The fourth-order valence-corrected chi connectivity index (χ4v) is 1.35. The number of nitrogens with one attached hydrogen (secondary N) is 2. The Balaban J connectivity index is 2.78. The maximum Gasteiger partial charge on any atom is -0.00489 e. The summed E-state index contributed by atoms with van der Waals surface area (Å²) in [6, 6.07) is 0. The number of hydrogen-bond donors (Lipinski definition) is 2. The smallest absolute Gasteiger partial charge is 0.00489 e. The van der Waals surface area contributed by atoms with Crippen LogP contribution in [-0.4, -0.2) is 26.2 Å². The van der Waals surface area contributed by atoms with Crippen LogP contribution >= 0.6 is 0 Å². The van der Waals surface area contributed by atoms with Gasteiger partial charge < -0.3 is 10.6 Å². The van der Waals surface area contributed by atoms with Crippen LogP contribution in [0.1, 0.15) is 38.5 Å². The summed E-state index contributed by atoms with van der Waals surface area (Å²) >= 11 is 0. The van der Waals surface area contributed by atoms with Crippen molar-refractivity contribution >= 4 is 0 Å². The maximum atomic E-state index is 3.79. The topological polar surface area (TPSA) is 24.1 Å². The van der Waals surface area contributed by atoms with E-state index in [4.69, 9.17) is 0 Å². The van der Waals surface area contributed by atoms with E-state index in [0.29, 0.717) is 0 Å². The van der Waals surface area contributed by atoms with Gasteiger partial charge >= 0.3 is 0 Å². The van der Waals surface area contributed by atoms with Crippen LogP contribution in [-0.2, 0) is 0 Å². The summed E-state index contributed by atoms with van der Waals surface area (Å²) in [5.41, 5.74) is 0. The minimum atomic E-state index is 0.995. The van der Waals surface area contributed by atoms with E-state index in [2.05, 4.69) is 24.5 Å². The molecule has 0 aromatic rings. The van der Waals surface area contributed by atoms with Crippen molar-refractivity contribution in [2.75, 3.05) is 26.2 Å². The monoisotopic (exact) mass is 198 g/mol. The molecular weight excluding hydrogens is 172 g/mol. The Morgan fingerprint density at radius 3 is 1.36 bits per heavy atom. The van der Waals surface area contributed by atoms with Crippen LogP contribution in [0.2, 0.25) is 0 Å². The van der Waals surface area contributed by atoms with Crippen molar-refractivity contribution in [3.63, 3.8) is 0 Å². The van der Waals surface area contributed by atoms with Crippen LogP contribution in [0.3, 0.4) is 0 Å². The molecule has 2 nitrogen and oxygen atoms in total. The lowest BCUT2D eigenvalue weighted by molar-refractivity contribution is 0.566. The fraction of sp³-hybridized carbons (Fsp3) is 0.833. The number of hydrogen-bond acceptors (Lipinski definition) is 2. The highest BCUT2D eigenvalue weighted by molar-refractivity contribution is 4.52. The van der Waals surface area contributed by atoms with Crippen molar-refractivity contribution < 1.29 is 0 Å². The molecule has 2 N–H and O–H groups in total. The van der Waals surface area contributed by atoms with Crippen LogP contribution < -0.4 is 10.6 Å². The summed E-state index contributed by atoms with van der Waals surface area (Å²) in [7, 11) is 0. The molecule has 0 aromatic carbocycles. The highest BCUT2D eigenvalue weighted by Crippen LogP contribution is 1.97. The quantitative estimate of drug-likeness (QED) is 0.497. The van der Waals surface area contributed by atoms with Gasteiger partial charge in [0.2, 0.25) is 0 Å². The van der Waals surface area contributed by atoms with Gasteiger partial charge in [-0.25, -0.2) is 0 Å². The summed E-state index contributed by atoms with van der Waals surface area (Å²) in [5.74, 6) is 0. The van der Waals surface area contributed by atoms with Crippen molar-refractivity contribution in [3.05, 3.63) is 13.8 Å². The Bertz CT molecular complexity index is 82.3. The zero-order valence-electron chi connectivity index (χ0n) is 9.49. The van der Waals surface area contributed by atoms with Crippen molar-refractivity contribution in [1.29, 1.82) is 0 Å². The average molecular weight is 198 g/mol. The summed E-state index contributed by atoms with van der Waals surface area (Å²) in [6.45, 7) is 12.0. The van der Waals surface area contributed by atoms with E-state index in [1.807, 2.05) is 0 Å². The van der Waals surface area contributed by atoms with Gasteiger partial charge in [-0.15, -0.1) is 0 Å². The molecule has 0 aliphatic carbocycles. The molecule has 0 spiro atoms. The summed E-state index contributed by atoms with van der Waals surface area (Å²) in [6.07, 6.45) is 7.28. The van der Waals surface area contributed by atoms with E-state index < -0.39 is 0 Å². The largest absolute Gasteiger partial charge is 0.317 e. The second-order valence-electron chi connectivity index (χ2n) is 3.62. The predicted octanol–water partition coefficient (Wildman–Crippen LogP) is 2.17. The normalized spacial score (nSPS) is 10.7. The molecule has 0 rings (SSSR count). The molecule has 0 fully saturated rings. The van der Waals surface area contributed by atoms with Crippen LogP contribution in [0.15, 0.2) is 0 Å². The Labute approximate surface area is 89.9 Å². The molecule has 0 aliphatic heterocycles. The van der Waals surface area contributed by atoms with Gasteiger partial charge in [0.25, 0.3) is 0 Å². The third-order valence-corrected chi connectivity index (χ3v) is 2.16. The van der Waals surface area contributed by atoms with E-state index in [9.17, 15) is 0 Å². The summed E-state index contributed by atoms with van der Waals surface area (Å²) in [4.78, 5) is 0. The molecule has 2 heteroatoms. The first-order chi connectivity index (χ1) is 6.91. The minimum Gasteiger partial charge on any atom is -0.317 e. The van der Waals surface area contributed by atoms with Gasteiger partial charge in [-0.1, -0.05) is 26.7 Å². The lowest BCUT2D eigenvalue weighted by Crippen LogP contribution is -2.17. The van der Waals surface area contributed by atoms with E-state index in [1.54, 1.807) is 0 Å². The summed E-state index contributed by atoms with van der Waals surface area (Å²) < 4.78 is 0. The Morgan fingerprint density at radius 2 is 1.00 bits per heavy atom. The first-order valence-corrected chi connectivity index (χ1v) is 5.91. The second-order valence-corrected chi connectivity index (χ2v) is 3.62. The molecule has 0 bridgehead atoms. The van der Waals surface area contributed by atoms with E-state index in [0.717, 1.165) is 39.0 Å². The first-order valence-electron chi connectivity index (χ1n) is 5.91.